The highest BCUT2D eigenvalue weighted by Crippen LogP contribution is 2.40. The van der Waals surface area contributed by atoms with Crippen LogP contribution in [0.2, 0.25) is 0 Å². The fraction of sp³-hybridized carbons (Fsp3) is 0.556. The topological polar surface area (TPSA) is 12.0 Å². The fourth-order valence-corrected chi connectivity index (χ4v) is 3.99. The number of terminal acetylenes is 1. The highest BCUT2D eigenvalue weighted by molar-refractivity contribution is 5.30. The Kier molecular flexibility index (Phi) is 3.62. The first kappa shape index (κ1) is 12.8. The summed E-state index contributed by atoms with van der Waals surface area (Å²) in [6.07, 6.45) is 11.5. The van der Waals surface area contributed by atoms with E-state index in [1.807, 2.05) is 0 Å². The summed E-state index contributed by atoms with van der Waals surface area (Å²) in [4.78, 5) is 0. The number of nitrogens with one attached hydrogen (secondary N) is 1. The molecule has 0 heterocycles. The molecule has 1 aromatic rings. The van der Waals surface area contributed by atoms with E-state index >= 15 is 0 Å². The molecule has 1 saturated carbocycles. The van der Waals surface area contributed by atoms with Gasteiger partial charge in [-0.2, -0.15) is 0 Å². The van der Waals surface area contributed by atoms with Crippen LogP contribution in [0, 0.1) is 24.2 Å². The standard InChI is InChI=1S/C18H23N/c1-3-6-13(2)19-18-16-9-10-17(18)12-15-8-5-4-7-14(15)11-16/h1,4-5,7-8,13,16-19H,6,9-12H2,2H3. The van der Waals surface area contributed by atoms with Gasteiger partial charge in [-0.05, 0) is 55.6 Å². The quantitative estimate of drug-likeness (QED) is 0.816. The van der Waals surface area contributed by atoms with Gasteiger partial charge in [-0.15, -0.1) is 12.3 Å². The molecule has 0 radical (unpaired) electrons. The summed E-state index contributed by atoms with van der Waals surface area (Å²) in [5.74, 6) is 4.38. The van der Waals surface area contributed by atoms with E-state index in [0.29, 0.717) is 12.1 Å². The number of rotatable bonds is 3. The molecule has 0 spiro atoms. The average Bonchev–Trinajstić information content (AvgIpc) is 2.66. The number of hydrogen-bond donors (Lipinski definition) is 1. The van der Waals surface area contributed by atoms with Crippen LogP contribution in [-0.4, -0.2) is 12.1 Å². The van der Waals surface area contributed by atoms with Gasteiger partial charge in [0.25, 0.3) is 0 Å². The highest BCUT2D eigenvalue weighted by atomic mass is 15.0. The SMILES string of the molecule is C#CCC(C)NC1C2CCC1Cc1ccccc1C2. The molecule has 1 nitrogen and oxygen atoms in total. The van der Waals surface area contributed by atoms with Crippen LogP contribution in [0.1, 0.15) is 37.3 Å². The zero-order valence-corrected chi connectivity index (χ0v) is 11.7. The highest BCUT2D eigenvalue weighted by Gasteiger charge is 2.39. The van der Waals surface area contributed by atoms with Gasteiger partial charge >= 0.3 is 0 Å². The number of fused-ring (bicyclic) bond motifs is 3. The third-order valence-corrected chi connectivity index (χ3v) is 4.91. The Bertz CT molecular complexity index is 452. The van der Waals surface area contributed by atoms with Crippen LogP contribution < -0.4 is 5.32 Å². The minimum absolute atomic E-state index is 0.444. The molecule has 0 aromatic heterocycles. The molecule has 0 saturated heterocycles. The minimum atomic E-state index is 0.444. The van der Waals surface area contributed by atoms with Crippen molar-refractivity contribution in [1.82, 2.24) is 5.32 Å². The first-order valence-corrected chi connectivity index (χ1v) is 7.54. The van der Waals surface area contributed by atoms with E-state index in [9.17, 15) is 0 Å². The van der Waals surface area contributed by atoms with Crippen molar-refractivity contribution < 1.29 is 0 Å². The molecule has 0 amide bonds. The Balaban J connectivity index is 1.78. The lowest BCUT2D eigenvalue weighted by Gasteiger charge is -2.27. The van der Waals surface area contributed by atoms with Crippen LogP contribution in [0.15, 0.2) is 24.3 Å². The maximum atomic E-state index is 5.43. The van der Waals surface area contributed by atoms with Gasteiger partial charge in [0.15, 0.2) is 0 Å². The maximum absolute atomic E-state index is 5.43. The molecule has 2 aliphatic carbocycles. The van der Waals surface area contributed by atoms with E-state index in [2.05, 4.69) is 42.4 Å². The van der Waals surface area contributed by atoms with Gasteiger partial charge in [-0.3, -0.25) is 0 Å². The Morgan fingerprint density at radius 3 is 2.32 bits per heavy atom. The smallest absolute Gasteiger partial charge is 0.0238 e. The Morgan fingerprint density at radius 2 is 1.79 bits per heavy atom. The van der Waals surface area contributed by atoms with Gasteiger partial charge in [0.05, 0.1) is 0 Å². The summed E-state index contributed by atoms with van der Waals surface area (Å²) in [6.45, 7) is 2.22. The second kappa shape index (κ2) is 5.39. The largest absolute Gasteiger partial charge is 0.310 e. The molecule has 1 heteroatoms. The molecule has 0 aliphatic heterocycles. The molecule has 1 aromatic carbocycles. The zero-order chi connectivity index (χ0) is 13.2. The van der Waals surface area contributed by atoms with Crippen molar-refractivity contribution in [2.45, 2.75) is 51.1 Å². The van der Waals surface area contributed by atoms with Gasteiger partial charge in [0, 0.05) is 18.5 Å². The average molecular weight is 253 g/mol. The van der Waals surface area contributed by atoms with Crippen molar-refractivity contribution in [3.8, 4) is 12.3 Å². The van der Waals surface area contributed by atoms with Gasteiger partial charge in [0.1, 0.15) is 0 Å². The van der Waals surface area contributed by atoms with Crippen LogP contribution in [-0.2, 0) is 12.8 Å². The molecule has 1 N–H and O–H groups in total. The molecule has 3 atom stereocenters. The van der Waals surface area contributed by atoms with Crippen molar-refractivity contribution in [1.29, 1.82) is 0 Å². The van der Waals surface area contributed by atoms with Crippen LogP contribution in [0.25, 0.3) is 0 Å². The summed E-state index contributed by atoms with van der Waals surface area (Å²) in [6, 6.07) is 10.1. The molecule has 3 rings (SSSR count). The lowest BCUT2D eigenvalue weighted by atomic mass is 9.94. The van der Waals surface area contributed by atoms with Crippen molar-refractivity contribution in [2.75, 3.05) is 0 Å². The van der Waals surface area contributed by atoms with Crippen molar-refractivity contribution in [2.24, 2.45) is 11.8 Å². The fourth-order valence-electron chi connectivity index (χ4n) is 3.99. The zero-order valence-electron chi connectivity index (χ0n) is 11.7. The monoisotopic (exact) mass is 253 g/mol. The lowest BCUT2D eigenvalue weighted by Crippen LogP contribution is -2.43. The van der Waals surface area contributed by atoms with Crippen LogP contribution in [0.3, 0.4) is 0 Å². The summed E-state index contributed by atoms with van der Waals surface area (Å²) in [5, 5.41) is 3.81. The van der Waals surface area contributed by atoms with Gasteiger partial charge in [-0.1, -0.05) is 24.3 Å². The Hall–Kier alpha value is -1.26. The van der Waals surface area contributed by atoms with E-state index in [0.717, 1.165) is 18.3 Å². The summed E-state index contributed by atoms with van der Waals surface area (Å²) < 4.78 is 0. The number of benzene rings is 1. The van der Waals surface area contributed by atoms with Crippen molar-refractivity contribution in [3.05, 3.63) is 35.4 Å². The predicted molar refractivity (Wildman–Crippen MR) is 79.9 cm³/mol. The van der Waals surface area contributed by atoms with Crippen LogP contribution in [0.4, 0.5) is 0 Å². The molecular formula is C18H23N. The molecule has 19 heavy (non-hydrogen) atoms. The second-order valence-electron chi connectivity index (χ2n) is 6.28. The van der Waals surface area contributed by atoms with Crippen LogP contribution >= 0.6 is 0 Å². The van der Waals surface area contributed by atoms with E-state index in [-0.39, 0.29) is 0 Å². The summed E-state index contributed by atoms with van der Waals surface area (Å²) in [7, 11) is 0. The minimum Gasteiger partial charge on any atom is -0.310 e. The molecule has 2 aliphatic rings. The Morgan fingerprint density at radius 1 is 1.21 bits per heavy atom. The first-order chi connectivity index (χ1) is 9.28. The van der Waals surface area contributed by atoms with E-state index in [1.165, 1.54) is 25.7 Å². The van der Waals surface area contributed by atoms with Crippen molar-refractivity contribution in [3.63, 3.8) is 0 Å². The van der Waals surface area contributed by atoms with Gasteiger partial charge < -0.3 is 5.32 Å². The predicted octanol–water partition coefficient (Wildman–Crippen LogP) is 3.18. The Labute approximate surface area is 116 Å². The van der Waals surface area contributed by atoms with Gasteiger partial charge in [-0.25, -0.2) is 0 Å². The van der Waals surface area contributed by atoms with E-state index in [1.54, 1.807) is 11.1 Å². The molecule has 2 bridgehead atoms. The summed E-state index contributed by atoms with van der Waals surface area (Å²) >= 11 is 0. The normalized spacial score (nSPS) is 30.2. The lowest BCUT2D eigenvalue weighted by molar-refractivity contribution is 0.314. The molecule has 3 unspecified atom stereocenters. The third-order valence-electron chi connectivity index (χ3n) is 4.91. The molecular weight excluding hydrogens is 230 g/mol. The summed E-state index contributed by atoms with van der Waals surface area (Å²) in [5.41, 5.74) is 3.15. The van der Waals surface area contributed by atoms with Gasteiger partial charge in [0.2, 0.25) is 0 Å². The van der Waals surface area contributed by atoms with Crippen molar-refractivity contribution >= 4 is 0 Å². The number of hydrogen-bond acceptors (Lipinski definition) is 1. The van der Waals surface area contributed by atoms with Crippen LogP contribution in [0.5, 0.6) is 0 Å². The molecule has 100 valence electrons. The maximum Gasteiger partial charge on any atom is 0.0238 e. The van der Waals surface area contributed by atoms with E-state index in [4.69, 9.17) is 6.42 Å². The first-order valence-electron chi connectivity index (χ1n) is 7.54. The van der Waals surface area contributed by atoms with E-state index < -0.39 is 0 Å². The third kappa shape index (κ3) is 2.55. The molecule has 1 fully saturated rings. The second-order valence-corrected chi connectivity index (χ2v) is 6.28.